The monoisotopic (exact) mass is 260 g/mol. The highest BCUT2D eigenvalue weighted by atomic mass is 32.1. The van der Waals surface area contributed by atoms with Crippen LogP contribution in [0.3, 0.4) is 0 Å². The highest BCUT2D eigenvalue weighted by Gasteiger charge is 2.07. The Morgan fingerprint density at radius 3 is 2.29 bits per heavy atom. The lowest BCUT2D eigenvalue weighted by atomic mass is 10.2. The van der Waals surface area contributed by atoms with Crippen LogP contribution in [0.1, 0.15) is 0 Å². The minimum Gasteiger partial charge on any atom is -0.422 e. The fourth-order valence-corrected chi connectivity index (χ4v) is 2.99. The van der Waals surface area contributed by atoms with Crippen LogP contribution in [0.4, 0.5) is 0 Å². The van der Waals surface area contributed by atoms with Gasteiger partial charge in [-0.25, -0.2) is 4.79 Å². The molecule has 0 aliphatic carbocycles. The maximum atomic E-state index is 11.5. The van der Waals surface area contributed by atoms with Crippen LogP contribution in [0.5, 0.6) is 0 Å². The first-order valence-electron chi connectivity index (χ1n) is 5.06. The van der Waals surface area contributed by atoms with Crippen LogP contribution < -0.4 is 5.63 Å². The lowest BCUT2D eigenvalue weighted by Crippen LogP contribution is -1.97. The number of rotatable bonds is 2. The summed E-state index contributed by atoms with van der Waals surface area (Å²) in [5.41, 5.74) is 0.610. The van der Waals surface area contributed by atoms with Gasteiger partial charge in [0.25, 0.3) is 0 Å². The highest BCUT2D eigenvalue weighted by molar-refractivity contribution is 7.14. The molecule has 84 valence electrons. The first kappa shape index (κ1) is 10.5. The van der Waals surface area contributed by atoms with Crippen molar-refractivity contribution >= 4 is 22.7 Å². The van der Waals surface area contributed by atoms with E-state index < -0.39 is 0 Å². The van der Waals surface area contributed by atoms with Gasteiger partial charge < -0.3 is 4.42 Å². The molecule has 0 N–H and O–H groups in total. The average Bonchev–Trinajstić information content (AvgIpc) is 3.02. The third kappa shape index (κ3) is 2.09. The molecule has 3 rings (SSSR count). The molecule has 0 aliphatic heterocycles. The van der Waals surface area contributed by atoms with Crippen molar-refractivity contribution in [3.05, 3.63) is 57.6 Å². The molecule has 0 saturated heterocycles. The molecule has 0 unspecified atom stereocenters. The normalized spacial score (nSPS) is 10.6. The van der Waals surface area contributed by atoms with Crippen LogP contribution in [0, 0.1) is 0 Å². The van der Waals surface area contributed by atoms with E-state index in [9.17, 15) is 4.79 Å². The van der Waals surface area contributed by atoms with Crippen molar-refractivity contribution in [2.45, 2.75) is 0 Å². The van der Waals surface area contributed by atoms with Crippen LogP contribution in [-0.2, 0) is 0 Å². The Morgan fingerprint density at radius 2 is 1.65 bits per heavy atom. The number of hydrogen-bond donors (Lipinski definition) is 0. The second-order valence-corrected chi connectivity index (χ2v) is 5.38. The predicted octanol–water partition coefficient (Wildman–Crippen LogP) is 4.10. The molecule has 17 heavy (non-hydrogen) atoms. The van der Waals surface area contributed by atoms with Gasteiger partial charge in [-0.15, -0.1) is 22.7 Å². The third-order valence-electron chi connectivity index (χ3n) is 2.34. The Balaban J connectivity index is 2.17. The summed E-state index contributed by atoms with van der Waals surface area (Å²) in [5.74, 6) is 0.635. The quantitative estimate of drug-likeness (QED) is 0.694. The van der Waals surface area contributed by atoms with Gasteiger partial charge in [0.05, 0.1) is 4.88 Å². The maximum Gasteiger partial charge on any atom is 0.336 e. The summed E-state index contributed by atoms with van der Waals surface area (Å²) in [4.78, 5) is 13.6. The Labute approximate surface area is 106 Å². The lowest BCUT2D eigenvalue weighted by Gasteiger charge is -1.99. The summed E-state index contributed by atoms with van der Waals surface area (Å²) in [6.45, 7) is 0. The van der Waals surface area contributed by atoms with Gasteiger partial charge in [-0.2, -0.15) is 0 Å². The molecule has 0 amide bonds. The minimum absolute atomic E-state index is 0.306. The van der Waals surface area contributed by atoms with Gasteiger partial charge in [0.2, 0.25) is 0 Å². The van der Waals surface area contributed by atoms with Crippen LogP contribution in [-0.4, -0.2) is 0 Å². The highest BCUT2D eigenvalue weighted by Crippen LogP contribution is 2.29. The van der Waals surface area contributed by atoms with Crippen LogP contribution in [0.25, 0.3) is 21.1 Å². The Bertz CT molecular complexity index is 608. The van der Waals surface area contributed by atoms with E-state index >= 15 is 0 Å². The van der Waals surface area contributed by atoms with Crippen molar-refractivity contribution in [1.82, 2.24) is 0 Å². The van der Waals surface area contributed by atoms with E-state index in [0.29, 0.717) is 5.76 Å². The van der Waals surface area contributed by atoms with Gasteiger partial charge >= 0.3 is 5.63 Å². The zero-order valence-corrected chi connectivity index (χ0v) is 10.4. The van der Waals surface area contributed by atoms with Crippen molar-refractivity contribution < 1.29 is 4.42 Å². The summed E-state index contributed by atoms with van der Waals surface area (Å²) in [5, 5.41) is 3.96. The lowest BCUT2D eigenvalue weighted by molar-refractivity contribution is 0.528. The summed E-state index contributed by atoms with van der Waals surface area (Å²) in [6.07, 6.45) is 0. The molecule has 3 aromatic rings. The van der Waals surface area contributed by atoms with E-state index in [1.807, 2.05) is 41.1 Å². The molecule has 0 fully saturated rings. The van der Waals surface area contributed by atoms with Crippen molar-refractivity contribution in [3.8, 4) is 21.1 Å². The second-order valence-electron chi connectivity index (χ2n) is 3.48. The molecular formula is C13H8O2S2. The first-order valence-corrected chi connectivity index (χ1v) is 6.82. The van der Waals surface area contributed by atoms with Crippen LogP contribution >= 0.6 is 22.7 Å². The fourth-order valence-electron chi connectivity index (χ4n) is 1.60. The minimum atomic E-state index is -0.306. The molecule has 0 aromatic carbocycles. The van der Waals surface area contributed by atoms with E-state index in [2.05, 4.69) is 0 Å². The number of thiophene rings is 2. The van der Waals surface area contributed by atoms with Gasteiger partial charge in [-0.05, 0) is 29.0 Å². The molecule has 0 saturated carbocycles. The van der Waals surface area contributed by atoms with Crippen molar-refractivity contribution in [1.29, 1.82) is 0 Å². The predicted molar refractivity (Wildman–Crippen MR) is 71.6 cm³/mol. The Morgan fingerprint density at radius 1 is 0.941 bits per heavy atom. The molecular weight excluding hydrogens is 252 g/mol. The van der Waals surface area contributed by atoms with Gasteiger partial charge in [-0.1, -0.05) is 12.1 Å². The van der Waals surface area contributed by atoms with Crippen LogP contribution in [0.15, 0.2) is 56.4 Å². The number of hydrogen-bond acceptors (Lipinski definition) is 4. The standard InChI is InChI=1S/C13H8O2S2/c14-13-8-9(11-3-1-5-16-11)7-10(15-13)12-4-2-6-17-12/h1-8H. The molecule has 2 nitrogen and oxygen atoms in total. The summed E-state index contributed by atoms with van der Waals surface area (Å²) >= 11 is 3.17. The molecule has 4 heteroatoms. The van der Waals surface area contributed by atoms with Gasteiger partial charge in [-0.3, -0.25) is 0 Å². The van der Waals surface area contributed by atoms with Crippen molar-refractivity contribution in [2.24, 2.45) is 0 Å². The molecule has 0 spiro atoms. The Kier molecular flexibility index (Phi) is 2.66. The van der Waals surface area contributed by atoms with E-state index in [1.54, 1.807) is 22.7 Å². The Hall–Kier alpha value is -1.65. The summed E-state index contributed by atoms with van der Waals surface area (Å²) < 4.78 is 5.22. The molecule has 3 heterocycles. The SMILES string of the molecule is O=c1cc(-c2cccs2)cc(-c2cccs2)o1. The zero-order chi connectivity index (χ0) is 11.7. The maximum absolute atomic E-state index is 11.5. The molecule has 0 radical (unpaired) electrons. The fraction of sp³-hybridized carbons (Fsp3) is 0. The van der Waals surface area contributed by atoms with Gasteiger partial charge in [0, 0.05) is 16.5 Å². The largest absolute Gasteiger partial charge is 0.422 e. The van der Waals surface area contributed by atoms with E-state index in [4.69, 9.17) is 4.42 Å². The second kappa shape index (κ2) is 4.31. The molecule has 0 aliphatic rings. The topological polar surface area (TPSA) is 30.2 Å². The summed E-state index contributed by atoms with van der Waals surface area (Å²) in [7, 11) is 0. The third-order valence-corrected chi connectivity index (χ3v) is 4.14. The smallest absolute Gasteiger partial charge is 0.336 e. The van der Waals surface area contributed by atoms with Crippen molar-refractivity contribution in [3.63, 3.8) is 0 Å². The zero-order valence-electron chi connectivity index (χ0n) is 8.75. The van der Waals surface area contributed by atoms with E-state index in [1.165, 1.54) is 6.07 Å². The van der Waals surface area contributed by atoms with Crippen molar-refractivity contribution in [2.75, 3.05) is 0 Å². The van der Waals surface area contributed by atoms with Gasteiger partial charge in [0.1, 0.15) is 5.76 Å². The van der Waals surface area contributed by atoms with Gasteiger partial charge in [0.15, 0.2) is 0 Å². The summed E-state index contributed by atoms with van der Waals surface area (Å²) in [6, 6.07) is 11.3. The molecule has 0 atom stereocenters. The first-order chi connectivity index (χ1) is 8.33. The molecule has 0 bridgehead atoms. The average molecular weight is 260 g/mol. The van der Waals surface area contributed by atoms with E-state index in [-0.39, 0.29) is 5.63 Å². The molecule has 3 aromatic heterocycles. The van der Waals surface area contributed by atoms with Crippen LogP contribution in [0.2, 0.25) is 0 Å². The van der Waals surface area contributed by atoms with E-state index in [0.717, 1.165) is 15.3 Å².